The molecule has 0 spiro atoms. The van der Waals surface area contributed by atoms with Gasteiger partial charge in [0.25, 0.3) is 0 Å². The predicted octanol–water partition coefficient (Wildman–Crippen LogP) is 1.46. The monoisotopic (exact) mass is 202 g/mol. The van der Waals surface area contributed by atoms with Gasteiger partial charge in [-0.05, 0) is 27.2 Å². The van der Waals surface area contributed by atoms with Crippen LogP contribution in [0.5, 0.6) is 0 Å². The van der Waals surface area contributed by atoms with Gasteiger partial charge in [-0.15, -0.1) is 0 Å². The number of hydrogen-bond donors (Lipinski definition) is 1. The third-order valence-corrected chi connectivity index (χ3v) is 1.87. The van der Waals surface area contributed by atoms with Gasteiger partial charge in [-0.3, -0.25) is 0 Å². The molecule has 0 aromatic heterocycles. The predicted molar refractivity (Wildman–Crippen MR) is 57.4 cm³/mol. The van der Waals surface area contributed by atoms with E-state index in [1.807, 2.05) is 20.8 Å². The molecule has 0 aromatic rings. The van der Waals surface area contributed by atoms with E-state index < -0.39 is 0 Å². The molecule has 1 N–H and O–H groups in total. The lowest BCUT2D eigenvalue weighted by molar-refractivity contribution is 0.0772. The summed E-state index contributed by atoms with van der Waals surface area (Å²) >= 11 is 0. The van der Waals surface area contributed by atoms with Crippen molar-refractivity contribution in [1.82, 2.24) is 10.2 Å². The molecule has 0 radical (unpaired) electrons. The molecule has 0 heterocycles. The van der Waals surface area contributed by atoms with Crippen LogP contribution in [0.15, 0.2) is 0 Å². The zero-order valence-corrected chi connectivity index (χ0v) is 9.67. The lowest BCUT2D eigenvalue weighted by atomic mass is 10.4. The van der Waals surface area contributed by atoms with Crippen molar-refractivity contribution in [2.75, 3.05) is 26.7 Å². The van der Waals surface area contributed by atoms with Crippen LogP contribution in [0.25, 0.3) is 0 Å². The quantitative estimate of drug-likeness (QED) is 0.663. The standard InChI is InChI=1S/C10H22N2O2/c1-5-12(4)10(13)11-7-6-8-14-9(2)3/h9H,5-8H2,1-4H3,(H,11,13). The Labute approximate surface area is 86.6 Å². The van der Waals surface area contributed by atoms with E-state index in [9.17, 15) is 4.79 Å². The number of nitrogens with zero attached hydrogens (tertiary/aromatic N) is 1. The molecule has 14 heavy (non-hydrogen) atoms. The molecular weight excluding hydrogens is 180 g/mol. The van der Waals surface area contributed by atoms with E-state index in [2.05, 4.69) is 5.32 Å². The highest BCUT2D eigenvalue weighted by Crippen LogP contribution is 1.89. The average Bonchev–Trinajstić information content (AvgIpc) is 2.15. The van der Waals surface area contributed by atoms with Gasteiger partial charge in [0.1, 0.15) is 0 Å². The molecule has 2 amide bonds. The van der Waals surface area contributed by atoms with E-state index in [1.165, 1.54) is 0 Å². The van der Waals surface area contributed by atoms with Crippen LogP contribution in [0.3, 0.4) is 0 Å². The zero-order chi connectivity index (χ0) is 11.0. The minimum absolute atomic E-state index is 0.0166. The normalized spacial score (nSPS) is 10.4. The maximum absolute atomic E-state index is 11.2. The molecule has 84 valence electrons. The Morgan fingerprint density at radius 2 is 2.14 bits per heavy atom. The molecule has 0 aliphatic carbocycles. The first kappa shape index (κ1) is 13.2. The first-order valence-corrected chi connectivity index (χ1v) is 5.18. The highest BCUT2D eigenvalue weighted by molar-refractivity contribution is 5.73. The summed E-state index contributed by atoms with van der Waals surface area (Å²) in [5, 5.41) is 2.81. The molecule has 4 nitrogen and oxygen atoms in total. The van der Waals surface area contributed by atoms with Crippen LogP contribution in [0.4, 0.5) is 4.79 Å². The van der Waals surface area contributed by atoms with Crippen molar-refractivity contribution in [3.05, 3.63) is 0 Å². The summed E-state index contributed by atoms with van der Waals surface area (Å²) in [6.07, 6.45) is 1.13. The van der Waals surface area contributed by atoms with Crippen LogP contribution < -0.4 is 5.32 Å². The fraction of sp³-hybridized carbons (Fsp3) is 0.900. The van der Waals surface area contributed by atoms with E-state index in [1.54, 1.807) is 11.9 Å². The average molecular weight is 202 g/mol. The largest absolute Gasteiger partial charge is 0.379 e. The van der Waals surface area contributed by atoms with Crippen molar-refractivity contribution in [2.45, 2.75) is 33.3 Å². The second-order valence-electron chi connectivity index (χ2n) is 3.52. The van der Waals surface area contributed by atoms with Crippen LogP contribution in [0, 0.1) is 0 Å². The number of amides is 2. The molecule has 0 saturated heterocycles. The Hall–Kier alpha value is -0.770. The van der Waals surface area contributed by atoms with Crippen molar-refractivity contribution in [2.24, 2.45) is 0 Å². The van der Waals surface area contributed by atoms with Gasteiger partial charge in [0.2, 0.25) is 0 Å². The number of nitrogens with one attached hydrogen (secondary N) is 1. The lowest BCUT2D eigenvalue weighted by Crippen LogP contribution is -2.37. The Kier molecular flexibility index (Phi) is 7.20. The third kappa shape index (κ3) is 6.71. The zero-order valence-electron chi connectivity index (χ0n) is 9.67. The fourth-order valence-electron chi connectivity index (χ4n) is 0.865. The van der Waals surface area contributed by atoms with Crippen molar-refractivity contribution < 1.29 is 9.53 Å². The molecule has 0 bridgehead atoms. The van der Waals surface area contributed by atoms with Gasteiger partial charge >= 0.3 is 6.03 Å². The smallest absolute Gasteiger partial charge is 0.317 e. The summed E-state index contributed by atoms with van der Waals surface area (Å²) in [5.74, 6) is 0. The van der Waals surface area contributed by atoms with Gasteiger partial charge in [0.15, 0.2) is 0 Å². The maximum atomic E-state index is 11.2. The van der Waals surface area contributed by atoms with E-state index in [0.29, 0.717) is 13.2 Å². The number of rotatable bonds is 6. The third-order valence-electron chi connectivity index (χ3n) is 1.87. The molecule has 0 fully saturated rings. The molecule has 0 saturated carbocycles. The second-order valence-corrected chi connectivity index (χ2v) is 3.52. The van der Waals surface area contributed by atoms with E-state index in [0.717, 1.165) is 13.0 Å². The van der Waals surface area contributed by atoms with Gasteiger partial charge in [0, 0.05) is 26.7 Å². The van der Waals surface area contributed by atoms with Crippen LogP contribution in [-0.4, -0.2) is 43.8 Å². The van der Waals surface area contributed by atoms with Crippen LogP contribution in [0.1, 0.15) is 27.2 Å². The van der Waals surface area contributed by atoms with E-state index in [-0.39, 0.29) is 12.1 Å². The highest BCUT2D eigenvalue weighted by atomic mass is 16.5. The van der Waals surface area contributed by atoms with Crippen LogP contribution in [-0.2, 0) is 4.74 Å². The first-order chi connectivity index (χ1) is 6.57. The Morgan fingerprint density at radius 3 is 2.64 bits per heavy atom. The van der Waals surface area contributed by atoms with Gasteiger partial charge in [0.05, 0.1) is 6.10 Å². The molecule has 0 atom stereocenters. The SMILES string of the molecule is CCN(C)C(=O)NCCCOC(C)C. The molecular formula is C10H22N2O2. The summed E-state index contributed by atoms with van der Waals surface area (Å²) < 4.78 is 5.35. The Morgan fingerprint density at radius 1 is 1.50 bits per heavy atom. The van der Waals surface area contributed by atoms with Gasteiger partial charge in [-0.1, -0.05) is 0 Å². The fourth-order valence-corrected chi connectivity index (χ4v) is 0.865. The molecule has 0 rings (SSSR count). The van der Waals surface area contributed by atoms with Gasteiger partial charge < -0.3 is 15.0 Å². The Balaban J connectivity index is 3.32. The topological polar surface area (TPSA) is 41.6 Å². The first-order valence-electron chi connectivity index (χ1n) is 5.18. The van der Waals surface area contributed by atoms with Gasteiger partial charge in [-0.2, -0.15) is 0 Å². The number of hydrogen-bond acceptors (Lipinski definition) is 2. The minimum Gasteiger partial charge on any atom is -0.379 e. The number of urea groups is 1. The molecule has 0 aliphatic rings. The second kappa shape index (κ2) is 7.62. The van der Waals surface area contributed by atoms with E-state index >= 15 is 0 Å². The van der Waals surface area contributed by atoms with Crippen molar-refractivity contribution in [3.8, 4) is 0 Å². The summed E-state index contributed by atoms with van der Waals surface area (Å²) in [6.45, 7) is 8.06. The van der Waals surface area contributed by atoms with Crippen molar-refractivity contribution in [3.63, 3.8) is 0 Å². The molecule has 0 aliphatic heterocycles. The number of carbonyl (C=O) groups excluding carboxylic acids is 1. The molecule has 0 aromatic carbocycles. The summed E-state index contributed by atoms with van der Waals surface area (Å²) in [7, 11) is 1.78. The van der Waals surface area contributed by atoms with Crippen molar-refractivity contribution in [1.29, 1.82) is 0 Å². The van der Waals surface area contributed by atoms with Crippen LogP contribution in [0.2, 0.25) is 0 Å². The summed E-state index contributed by atoms with van der Waals surface area (Å²) in [5.41, 5.74) is 0. The van der Waals surface area contributed by atoms with E-state index in [4.69, 9.17) is 4.74 Å². The molecule has 4 heteroatoms. The number of ether oxygens (including phenoxy) is 1. The summed E-state index contributed by atoms with van der Waals surface area (Å²) in [6, 6.07) is -0.0166. The highest BCUT2D eigenvalue weighted by Gasteiger charge is 2.03. The molecule has 0 unspecified atom stereocenters. The number of carbonyl (C=O) groups is 1. The maximum Gasteiger partial charge on any atom is 0.317 e. The van der Waals surface area contributed by atoms with Gasteiger partial charge in [-0.25, -0.2) is 4.79 Å². The van der Waals surface area contributed by atoms with Crippen LogP contribution >= 0.6 is 0 Å². The Bertz CT molecular complexity index is 160. The minimum atomic E-state index is -0.0166. The van der Waals surface area contributed by atoms with Crippen molar-refractivity contribution >= 4 is 6.03 Å². The lowest BCUT2D eigenvalue weighted by Gasteiger charge is -2.15. The summed E-state index contributed by atoms with van der Waals surface area (Å²) in [4.78, 5) is 12.9.